The zero-order chi connectivity index (χ0) is 18.6. The number of ether oxygens (including phenoxy) is 1. The fourth-order valence-corrected chi connectivity index (χ4v) is 4.35. The molecule has 0 aliphatic rings. The molecule has 0 amide bonds. The lowest BCUT2D eigenvalue weighted by atomic mass is 10.0. The summed E-state index contributed by atoms with van der Waals surface area (Å²) in [5.41, 5.74) is 0.999. The monoisotopic (exact) mass is 367 g/mol. The van der Waals surface area contributed by atoms with Crippen LogP contribution in [0.25, 0.3) is 26.5 Å². The van der Waals surface area contributed by atoms with Crippen molar-refractivity contribution in [2.75, 3.05) is 7.11 Å². The summed E-state index contributed by atoms with van der Waals surface area (Å²) in [6.07, 6.45) is 1.61. The molecule has 4 aromatic carbocycles. The fourth-order valence-electron chi connectivity index (χ4n) is 3.18. The maximum atomic E-state index is 9.34. The summed E-state index contributed by atoms with van der Waals surface area (Å²) >= 11 is 1.64. The lowest BCUT2D eigenvalue weighted by Crippen LogP contribution is -1.87. The SMILES string of the molecule is COc1ccc(/C(=C/C#N)Sc2c3ccccc3cc3ccccc23)cc1. The number of hydrogen-bond donors (Lipinski definition) is 0. The third-order valence-corrected chi connectivity index (χ3v) is 5.72. The Labute approximate surface area is 162 Å². The maximum Gasteiger partial charge on any atom is 0.118 e. The molecule has 0 aliphatic carbocycles. The van der Waals surface area contributed by atoms with E-state index in [1.165, 1.54) is 26.4 Å². The molecular formula is C24H17NOS. The zero-order valence-corrected chi connectivity index (χ0v) is 15.7. The van der Waals surface area contributed by atoms with Gasteiger partial charge in [-0.3, -0.25) is 0 Å². The Morgan fingerprint density at radius 3 is 2.04 bits per heavy atom. The Bertz CT molecular complexity index is 1130. The van der Waals surface area contributed by atoms with Crippen LogP contribution in [0.2, 0.25) is 0 Å². The fraction of sp³-hybridized carbons (Fsp3) is 0.0417. The first-order valence-corrected chi connectivity index (χ1v) is 9.44. The van der Waals surface area contributed by atoms with Crippen LogP contribution < -0.4 is 4.74 Å². The Morgan fingerprint density at radius 1 is 0.889 bits per heavy atom. The Hall–Kier alpha value is -3.22. The molecule has 0 saturated heterocycles. The van der Waals surface area contributed by atoms with Gasteiger partial charge in [-0.1, -0.05) is 72.4 Å². The summed E-state index contributed by atoms with van der Waals surface area (Å²) in [4.78, 5) is 2.09. The van der Waals surface area contributed by atoms with E-state index in [0.717, 1.165) is 16.2 Å². The van der Waals surface area contributed by atoms with Crippen molar-refractivity contribution in [3.8, 4) is 11.8 Å². The molecule has 0 bridgehead atoms. The standard InChI is InChI=1S/C24H17NOS/c1-26-20-12-10-17(11-13-20)23(14-15-25)27-24-21-8-4-2-6-18(21)16-19-7-3-5-9-22(19)24/h2-14,16H,1H3/b23-14-. The number of benzene rings is 4. The highest BCUT2D eigenvalue weighted by Crippen LogP contribution is 2.42. The van der Waals surface area contributed by atoms with Crippen molar-refractivity contribution in [3.05, 3.63) is 90.5 Å². The van der Waals surface area contributed by atoms with Gasteiger partial charge in [-0.05, 0) is 45.3 Å². The van der Waals surface area contributed by atoms with Crippen molar-refractivity contribution >= 4 is 38.2 Å². The van der Waals surface area contributed by atoms with Gasteiger partial charge in [-0.15, -0.1) is 0 Å². The van der Waals surface area contributed by atoms with Gasteiger partial charge in [0.1, 0.15) is 5.75 Å². The number of hydrogen-bond acceptors (Lipinski definition) is 3. The normalized spacial score (nSPS) is 11.5. The van der Waals surface area contributed by atoms with Crippen LogP contribution in [0.15, 0.2) is 89.8 Å². The molecule has 4 rings (SSSR count). The number of nitrogens with zero attached hydrogens (tertiary/aromatic N) is 1. The van der Waals surface area contributed by atoms with Gasteiger partial charge in [0.15, 0.2) is 0 Å². The van der Waals surface area contributed by atoms with Crippen LogP contribution in [-0.4, -0.2) is 7.11 Å². The van der Waals surface area contributed by atoms with Crippen molar-refractivity contribution in [1.29, 1.82) is 5.26 Å². The van der Waals surface area contributed by atoms with E-state index in [0.29, 0.717) is 0 Å². The second-order valence-corrected chi connectivity index (χ2v) is 7.17. The topological polar surface area (TPSA) is 33.0 Å². The van der Waals surface area contributed by atoms with Crippen LogP contribution in [0.5, 0.6) is 5.75 Å². The van der Waals surface area contributed by atoms with Crippen LogP contribution in [0.3, 0.4) is 0 Å². The molecule has 0 aromatic heterocycles. The van der Waals surface area contributed by atoms with Gasteiger partial charge in [-0.25, -0.2) is 0 Å². The summed E-state index contributed by atoms with van der Waals surface area (Å²) in [5, 5.41) is 14.1. The molecule has 0 N–H and O–H groups in total. The number of thioether (sulfide) groups is 1. The largest absolute Gasteiger partial charge is 0.497 e. The number of rotatable bonds is 4. The second-order valence-electron chi connectivity index (χ2n) is 6.12. The summed E-state index contributed by atoms with van der Waals surface area (Å²) in [6, 6.07) is 29.0. The van der Waals surface area contributed by atoms with Gasteiger partial charge in [0.25, 0.3) is 0 Å². The van der Waals surface area contributed by atoms with Crippen molar-refractivity contribution in [2.45, 2.75) is 4.90 Å². The van der Waals surface area contributed by atoms with Crippen molar-refractivity contribution in [2.24, 2.45) is 0 Å². The average molecular weight is 367 g/mol. The molecular weight excluding hydrogens is 350 g/mol. The Balaban J connectivity index is 1.89. The van der Waals surface area contributed by atoms with Gasteiger partial charge < -0.3 is 4.74 Å². The van der Waals surface area contributed by atoms with E-state index >= 15 is 0 Å². The molecule has 130 valence electrons. The van der Waals surface area contributed by atoms with Gasteiger partial charge in [-0.2, -0.15) is 5.26 Å². The second kappa shape index (κ2) is 7.57. The number of allylic oxidation sites excluding steroid dienone is 1. The summed E-state index contributed by atoms with van der Waals surface area (Å²) in [6.45, 7) is 0. The predicted octanol–water partition coefficient (Wildman–Crippen LogP) is 6.66. The molecule has 0 fully saturated rings. The molecule has 0 unspecified atom stereocenters. The van der Waals surface area contributed by atoms with Gasteiger partial charge in [0.05, 0.1) is 13.2 Å². The van der Waals surface area contributed by atoms with Crippen molar-refractivity contribution < 1.29 is 4.74 Å². The minimum atomic E-state index is 0.802. The van der Waals surface area contributed by atoms with Crippen LogP contribution in [0, 0.1) is 11.3 Å². The first-order chi connectivity index (χ1) is 13.3. The first kappa shape index (κ1) is 17.2. The Morgan fingerprint density at radius 2 is 1.48 bits per heavy atom. The molecule has 4 aromatic rings. The lowest BCUT2D eigenvalue weighted by Gasteiger charge is -2.13. The van der Waals surface area contributed by atoms with E-state index in [-0.39, 0.29) is 0 Å². The van der Waals surface area contributed by atoms with Gasteiger partial charge >= 0.3 is 0 Å². The summed E-state index contributed by atoms with van der Waals surface area (Å²) < 4.78 is 5.25. The van der Waals surface area contributed by atoms with Gasteiger partial charge in [0.2, 0.25) is 0 Å². The van der Waals surface area contributed by atoms with Crippen molar-refractivity contribution in [3.63, 3.8) is 0 Å². The van der Waals surface area contributed by atoms with Gasteiger partial charge in [0, 0.05) is 15.9 Å². The highest BCUT2D eigenvalue weighted by Gasteiger charge is 2.12. The minimum absolute atomic E-state index is 0.802. The number of nitriles is 1. The van der Waals surface area contributed by atoms with E-state index < -0.39 is 0 Å². The van der Waals surface area contributed by atoms with E-state index in [4.69, 9.17) is 4.74 Å². The molecule has 0 aliphatic heterocycles. The van der Waals surface area contributed by atoms with Crippen LogP contribution in [-0.2, 0) is 0 Å². The number of methoxy groups -OCH3 is 1. The summed E-state index contributed by atoms with van der Waals surface area (Å²) in [7, 11) is 1.65. The zero-order valence-electron chi connectivity index (χ0n) is 14.8. The Kier molecular flexibility index (Phi) is 4.82. The van der Waals surface area contributed by atoms with E-state index in [2.05, 4.69) is 60.7 Å². The third-order valence-electron chi connectivity index (χ3n) is 4.50. The molecule has 27 heavy (non-hydrogen) atoms. The molecule has 0 saturated carbocycles. The van der Waals surface area contributed by atoms with E-state index in [1.54, 1.807) is 24.9 Å². The maximum absolute atomic E-state index is 9.34. The van der Waals surface area contributed by atoms with E-state index in [1.807, 2.05) is 24.3 Å². The highest BCUT2D eigenvalue weighted by molar-refractivity contribution is 8.08. The molecule has 0 radical (unpaired) electrons. The van der Waals surface area contributed by atoms with Crippen LogP contribution in [0.4, 0.5) is 0 Å². The van der Waals surface area contributed by atoms with E-state index in [9.17, 15) is 5.26 Å². The lowest BCUT2D eigenvalue weighted by molar-refractivity contribution is 0.415. The van der Waals surface area contributed by atoms with Crippen molar-refractivity contribution in [1.82, 2.24) is 0 Å². The highest BCUT2D eigenvalue weighted by atomic mass is 32.2. The molecule has 3 heteroatoms. The molecule has 0 heterocycles. The van der Waals surface area contributed by atoms with Crippen LogP contribution >= 0.6 is 11.8 Å². The third kappa shape index (κ3) is 3.40. The molecule has 0 spiro atoms. The molecule has 0 atom stereocenters. The predicted molar refractivity (Wildman–Crippen MR) is 114 cm³/mol. The first-order valence-electron chi connectivity index (χ1n) is 8.62. The summed E-state index contributed by atoms with van der Waals surface area (Å²) in [5.74, 6) is 0.802. The smallest absolute Gasteiger partial charge is 0.118 e. The minimum Gasteiger partial charge on any atom is -0.497 e. The quantitative estimate of drug-likeness (QED) is 0.230. The average Bonchev–Trinajstić information content (AvgIpc) is 2.73. The van der Waals surface area contributed by atoms with Crippen LogP contribution in [0.1, 0.15) is 5.56 Å². The number of fused-ring (bicyclic) bond motifs is 2. The molecule has 2 nitrogen and oxygen atoms in total.